The average molecular weight is 115 g/mol. The van der Waals surface area contributed by atoms with Gasteiger partial charge in [-0.2, -0.15) is 0 Å². The van der Waals surface area contributed by atoms with Crippen LogP contribution in [0.2, 0.25) is 0 Å². The molecule has 0 heterocycles. The normalized spacial score (nSPS) is 12.0. The van der Waals surface area contributed by atoms with E-state index < -0.39 is 4.58 Å². The topological polar surface area (TPSA) is 52.0 Å². The number of hydrogen-bond acceptors (Lipinski definition) is 2. The van der Waals surface area contributed by atoms with Gasteiger partial charge in [-0.1, -0.05) is 23.2 Å². The lowest BCUT2D eigenvalue weighted by Crippen LogP contribution is -2.36. The molecule has 0 aliphatic carbocycles. The largest absolute Gasteiger partial charge is 0.288 e. The number of alkyl halides is 2. The van der Waals surface area contributed by atoms with Crippen molar-refractivity contribution in [3.63, 3.8) is 0 Å². The second-order valence-electron chi connectivity index (χ2n) is 0.675. The summed E-state index contributed by atoms with van der Waals surface area (Å²) in [7, 11) is 0. The van der Waals surface area contributed by atoms with Gasteiger partial charge in [-0.15, -0.1) is 0 Å². The smallest absolute Gasteiger partial charge is 0.219 e. The monoisotopic (exact) mass is 114 g/mol. The molecular weight excluding hydrogens is 111 g/mol. The van der Waals surface area contributed by atoms with Crippen LogP contribution < -0.4 is 11.5 Å². The summed E-state index contributed by atoms with van der Waals surface area (Å²) in [6.07, 6.45) is 0. The predicted molar refractivity (Wildman–Crippen MR) is 22.8 cm³/mol. The highest BCUT2D eigenvalue weighted by molar-refractivity contribution is 6.47. The zero-order valence-electron chi connectivity index (χ0n) is 2.41. The Morgan fingerprint density at radius 1 is 1.20 bits per heavy atom. The summed E-state index contributed by atoms with van der Waals surface area (Å²) >= 11 is 9.70. The van der Waals surface area contributed by atoms with Crippen LogP contribution >= 0.6 is 23.2 Å². The fraction of sp³-hybridized carbons (Fsp3) is 1.00. The number of hydrogen-bond donors (Lipinski definition) is 2. The fourth-order valence-corrected chi connectivity index (χ4v) is 0. The first-order valence-electron chi connectivity index (χ1n) is 0.955. The molecule has 0 aliphatic heterocycles. The Labute approximate surface area is 40.0 Å². The van der Waals surface area contributed by atoms with E-state index in [-0.39, 0.29) is 0 Å². The van der Waals surface area contributed by atoms with Crippen molar-refractivity contribution in [1.82, 2.24) is 0 Å². The molecule has 5 heavy (non-hydrogen) atoms. The Hall–Kier alpha value is 0.500. The zero-order valence-corrected chi connectivity index (χ0v) is 3.92. The molecule has 0 radical (unpaired) electrons. The van der Waals surface area contributed by atoms with E-state index >= 15 is 0 Å². The highest BCUT2D eigenvalue weighted by Gasteiger charge is 2.03. The van der Waals surface area contributed by atoms with Crippen LogP contribution in [0, 0.1) is 0 Å². The summed E-state index contributed by atoms with van der Waals surface area (Å²) in [4.78, 5) is 0. The third kappa shape index (κ3) is 113. The molecule has 0 aromatic carbocycles. The van der Waals surface area contributed by atoms with E-state index in [0.29, 0.717) is 0 Å². The molecule has 0 aliphatic rings. The Bertz CT molecular complexity index is 23.1. The quantitative estimate of drug-likeness (QED) is 0.265. The second kappa shape index (κ2) is 1.30. The van der Waals surface area contributed by atoms with Gasteiger partial charge in [0.25, 0.3) is 0 Å². The van der Waals surface area contributed by atoms with E-state index in [1.165, 1.54) is 0 Å². The predicted octanol–water partition coefficient (Wildman–Crippen LogP) is -0.00730. The van der Waals surface area contributed by atoms with Crippen molar-refractivity contribution in [3.05, 3.63) is 0 Å². The lowest BCUT2D eigenvalue weighted by Gasteiger charge is -1.99. The van der Waals surface area contributed by atoms with Crippen LogP contribution in [0.5, 0.6) is 0 Å². The molecule has 32 valence electrons. The van der Waals surface area contributed by atoms with Gasteiger partial charge in [0.15, 0.2) is 0 Å². The molecule has 0 fully saturated rings. The lowest BCUT2D eigenvalue weighted by atomic mass is 11.2. The summed E-state index contributed by atoms with van der Waals surface area (Å²) in [5.41, 5.74) is 9.33. The van der Waals surface area contributed by atoms with E-state index in [9.17, 15) is 0 Å². The lowest BCUT2D eigenvalue weighted by molar-refractivity contribution is 0.882. The maximum absolute atomic E-state index is 4.85. The fourth-order valence-electron chi connectivity index (χ4n) is 0. The SMILES string of the molecule is NC(N)(Cl)Cl. The minimum absolute atomic E-state index is 1.56. The Balaban J connectivity index is 3.02. The maximum Gasteiger partial charge on any atom is 0.219 e. The Morgan fingerprint density at radius 2 is 1.20 bits per heavy atom. The van der Waals surface area contributed by atoms with Crippen molar-refractivity contribution < 1.29 is 0 Å². The third-order valence-electron chi connectivity index (χ3n) is 0. The summed E-state index contributed by atoms with van der Waals surface area (Å²) in [5.74, 6) is 0. The summed E-state index contributed by atoms with van der Waals surface area (Å²) in [5, 5.41) is 0. The minimum Gasteiger partial charge on any atom is -0.288 e. The van der Waals surface area contributed by atoms with Crippen molar-refractivity contribution in [1.29, 1.82) is 0 Å². The van der Waals surface area contributed by atoms with Crippen LogP contribution in [0.3, 0.4) is 0 Å². The zero-order chi connectivity index (χ0) is 4.50. The van der Waals surface area contributed by atoms with Gasteiger partial charge in [0.2, 0.25) is 4.58 Å². The highest BCUT2D eigenvalue weighted by atomic mass is 35.5. The van der Waals surface area contributed by atoms with Crippen LogP contribution in [0.4, 0.5) is 0 Å². The summed E-state index contributed by atoms with van der Waals surface area (Å²) in [6.45, 7) is 0. The summed E-state index contributed by atoms with van der Waals surface area (Å²) < 4.78 is -1.56. The highest BCUT2D eigenvalue weighted by Crippen LogP contribution is 1.99. The Morgan fingerprint density at radius 3 is 1.20 bits per heavy atom. The molecule has 0 saturated carbocycles. The van der Waals surface area contributed by atoms with Gasteiger partial charge in [-0.05, 0) is 0 Å². The molecular formula is CH4Cl2N2. The first-order chi connectivity index (χ1) is 2.00. The van der Waals surface area contributed by atoms with Crippen LogP contribution in [-0.4, -0.2) is 4.58 Å². The van der Waals surface area contributed by atoms with Crippen molar-refractivity contribution in [2.75, 3.05) is 0 Å². The van der Waals surface area contributed by atoms with Crippen molar-refractivity contribution in [2.24, 2.45) is 11.5 Å². The molecule has 0 amide bonds. The average Bonchev–Trinajstić information content (AvgIpc) is 0.722. The maximum atomic E-state index is 4.85. The molecule has 0 aromatic rings. The molecule has 0 saturated heterocycles. The van der Waals surface area contributed by atoms with Gasteiger partial charge in [0.1, 0.15) is 0 Å². The van der Waals surface area contributed by atoms with Gasteiger partial charge in [0, 0.05) is 0 Å². The van der Waals surface area contributed by atoms with Crippen LogP contribution in [0.25, 0.3) is 0 Å². The van der Waals surface area contributed by atoms with Crippen LogP contribution in [0.15, 0.2) is 0 Å². The van der Waals surface area contributed by atoms with Gasteiger partial charge < -0.3 is 0 Å². The third-order valence-corrected chi connectivity index (χ3v) is 0. The minimum atomic E-state index is -1.56. The molecule has 0 atom stereocenters. The molecule has 4 heteroatoms. The molecule has 0 rings (SSSR count). The van der Waals surface area contributed by atoms with Crippen molar-refractivity contribution >= 4 is 23.2 Å². The van der Waals surface area contributed by atoms with E-state index in [2.05, 4.69) is 11.5 Å². The molecule has 0 spiro atoms. The van der Waals surface area contributed by atoms with Gasteiger partial charge in [-0.3, -0.25) is 11.5 Å². The molecule has 0 aromatic heterocycles. The van der Waals surface area contributed by atoms with Gasteiger partial charge in [0.05, 0.1) is 0 Å². The van der Waals surface area contributed by atoms with E-state index in [1.54, 1.807) is 0 Å². The molecule has 0 unspecified atom stereocenters. The van der Waals surface area contributed by atoms with E-state index in [0.717, 1.165) is 0 Å². The number of rotatable bonds is 0. The molecule has 4 N–H and O–H groups in total. The number of halogens is 2. The first kappa shape index (κ1) is 5.50. The first-order valence-corrected chi connectivity index (χ1v) is 1.71. The van der Waals surface area contributed by atoms with Crippen molar-refractivity contribution in [2.45, 2.75) is 4.58 Å². The Kier molecular flexibility index (Phi) is 1.44. The molecule has 2 nitrogen and oxygen atoms in total. The van der Waals surface area contributed by atoms with Crippen molar-refractivity contribution in [3.8, 4) is 0 Å². The standard InChI is InChI=1S/CH4Cl2N2/c2-1(3,4)5/h4-5H2. The van der Waals surface area contributed by atoms with E-state index in [1.807, 2.05) is 0 Å². The summed E-state index contributed by atoms with van der Waals surface area (Å²) in [6, 6.07) is 0. The van der Waals surface area contributed by atoms with Gasteiger partial charge in [-0.25, -0.2) is 0 Å². The van der Waals surface area contributed by atoms with Crippen LogP contribution in [0.1, 0.15) is 0 Å². The number of nitrogens with two attached hydrogens (primary N) is 2. The van der Waals surface area contributed by atoms with E-state index in [4.69, 9.17) is 23.2 Å². The molecule has 0 bridgehead atoms. The van der Waals surface area contributed by atoms with Gasteiger partial charge >= 0.3 is 0 Å². The van der Waals surface area contributed by atoms with Crippen LogP contribution in [-0.2, 0) is 0 Å². The second-order valence-corrected chi connectivity index (χ2v) is 2.12.